The summed E-state index contributed by atoms with van der Waals surface area (Å²) in [6, 6.07) is 6.01. The third-order valence-corrected chi connectivity index (χ3v) is 2.30. The van der Waals surface area contributed by atoms with Gasteiger partial charge in [-0.05, 0) is 42.2 Å². The molecule has 1 heterocycles. The summed E-state index contributed by atoms with van der Waals surface area (Å²) in [7, 11) is 0. The molecule has 0 unspecified atom stereocenters. The molecule has 0 amide bonds. The largest absolute Gasteiger partial charge is 0.493 e. The molecular weight excluding hydrogens is 176 g/mol. The van der Waals surface area contributed by atoms with Crippen molar-refractivity contribution >= 4 is 12.4 Å². The van der Waals surface area contributed by atoms with Gasteiger partial charge >= 0.3 is 0 Å². The number of ether oxygens (including phenoxy) is 1. The van der Waals surface area contributed by atoms with Crippen LogP contribution in [0.2, 0.25) is 0 Å². The van der Waals surface area contributed by atoms with Crippen LogP contribution in [0, 0.1) is 0 Å². The molecule has 0 atom stereocenters. The van der Waals surface area contributed by atoms with E-state index in [0.717, 1.165) is 37.0 Å². The van der Waals surface area contributed by atoms with Crippen molar-refractivity contribution in [3.05, 3.63) is 35.4 Å². The van der Waals surface area contributed by atoms with E-state index < -0.39 is 0 Å². The van der Waals surface area contributed by atoms with E-state index in [2.05, 4.69) is 6.07 Å². The Morgan fingerprint density at radius 3 is 3.14 bits per heavy atom. The molecule has 0 aliphatic carbocycles. The number of carbonyl (C=O) groups excluding carboxylic acids is 1. The number of aryl methyl sites for hydroxylation is 1. The lowest BCUT2D eigenvalue weighted by atomic mass is 10.0. The molecule has 0 saturated heterocycles. The first-order valence-electron chi connectivity index (χ1n) is 4.78. The maximum Gasteiger partial charge on any atom is 0.142 e. The Morgan fingerprint density at radius 2 is 2.29 bits per heavy atom. The molecule has 0 N–H and O–H groups in total. The van der Waals surface area contributed by atoms with E-state index in [0.29, 0.717) is 0 Å². The normalized spacial score (nSPS) is 14.9. The minimum Gasteiger partial charge on any atom is -0.493 e. The summed E-state index contributed by atoms with van der Waals surface area (Å²) in [6.07, 6.45) is 6.25. The Bertz CT molecular complexity index is 367. The molecule has 0 radical (unpaired) electrons. The molecule has 0 bridgehead atoms. The first-order valence-corrected chi connectivity index (χ1v) is 4.78. The van der Waals surface area contributed by atoms with Crippen molar-refractivity contribution in [2.45, 2.75) is 12.8 Å². The average molecular weight is 188 g/mol. The smallest absolute Gasteiger partial charge is 0.142 e. The zero-order valence-corrected chi connectivity index (χ0v) is 7.90. The lowest BCUT2D eigenvalue weighted by Gasteiger charge is -2.17. The molecule has 0 fully saturated rings. The summed E-state index contributed by atoms with van der Waals surface area (Å²) < 4.78 is 5.49. The molecule has 1 aliphatic rings. The number of hydrogen-bond donors (Lipinski definition) is 0. The number of fused-ring (bicyclic) bond motifs is 1. The number of rotatable bonds is 2. The molecule has 1 aliphatic heterocycles. The monoisotopic (exact) mass is 188 g/mol. The number of hydrogen-bond acceptors (Lipinski definition) is 2. The fourth-order valence-corrected chi connectivity index (χ4v) is 1.63. The predicted molar refractivity (Wildman–Crippen MR) is 55.4 cm³/mol. The van der Waals surface area contributed by atoms with Crippen LogP contribution in [0.15, 0.2) is 24.3 Å². The van der Waals surface area contributed by atoms with E-state index in [9.17, 15) is 4.79 Å². The summed E-state index contributed by atoms with van der Waals surface area (Å²) in [4.78, 5) is 10.2. The molecule has 0 spiro atoms. The molecule has 0 aromatic heterocycles. The predicted octanol–water partition coefficient (Wildman–Crippen LogP) is 2.22. The molecule has 2 heteroatoms. The molecule has 1 aromatic carbocycles. The third kappa shape index (κ3) is 1.84. The third-order valence-electron chi connectivity index (χ3n) is 2.30. The van der Waals surface area contributed by atoms with Crippen LogP contribution in [0.25, 0.3) is 6.08 Å². The molecule has 14 heavy (non-hydrogen) atoms. The van der Waals surface area contributed by atoms with Gasteiger partial charge in [-0.1, -0.05) is 12.1 Å². The van der Waals surface area contributed by atoms with Gasteiger partial charge in [-0.25, -0.2) is 0 Å². The van der Waals surface area contributed by atoms with Gasteiger partial charge in [-0.15, -0.1) is 0 Å². The Hall–Kier alpha value is -1.57. The first-order chi connectivity index (χ1) is 6.90. The van der Waals surface area contributed by atoms with E-state index in [1.807, 2.05) is 18.2 Å². The zero-order valence-electron chi connectivity index (χ0n) is 7.90. The van der Waals surface area contributed by atoms with Crippen molar-refractivity contribution in [3.8, 4) is 5.75 Å². The number of benzene rings is 1. The quantitative estimate of drug-likeness (QED) is 0.525. The second-order valence-electron chi connectivity index (χ2n) is 3.31. The summed E-state index contributed by atoms with van der Waals surface area (Å²) in [6.45, 7) is 0.816. The summed E-state index contributed by atoms with van der Waals surface area (Å²) in [5.41, 5.74) is 2.30. The van der Waals surface area contributed by atoms with Crippen LogP contribution in [0.3, 0.4) is 0 Å². The maximum absolute atomic E-state index is 10.2. The number of carbonyl (C=O) groups is 1. The highest BCUT2D eigenvalue weighted by atomic mass is 16.5. The van der Waals surface area contributed by atoms with Gasteiger partial charge in [0.2, 0.25) is 0 Å². The maximum atomic E-state index is 10.2. The van der Waals surface area contributed by atoms with Gasteiger partial charge in [-0.2, -0.15) is 0 Å². The second kappa shape index (κ2) is 4.09. The highest BCUT2D eigenvalue weighted by Gasteiger charge is 2.09. The van der Waals surface area contributed by atoms with E-state index in [4.69, 9.17) is 4.74 Å². The summed E-state index contributed by atoms with van der Waals surface area (Å²) in [5.74, 6) is 0.986. The highest BCUT2D eigenvalue weighted by Crippen LogP contribution is 2.25. The minimum atomic E-state index is 0.788. The molecule has 2 nitrogen and oxygen atoms in total. The van der Waals surface area contributed by atoms with Gasteiger partial charge in [0, 0.05) is 0 Å². The number of aldehydes is 1. The molecule has 1 aromatic rings. The topological polar surface area (TPSA) is 26.3 Å². The van der Waals surface area contributed by atoms with Gasteiger partial charge in [0.15, 0.2) is 0 Å². The van der Waals surface area contributed by atoms with Crippen molar-refractivity contribution < 1.29 is 9.53 Å². The van der Waals surface area contributed by atoms with Gasteiger partial charge in [0.25, 0.3) is 0 Å². The number of allylic oxidation sites excluding steroid dienone is 1. The van der Waals surface area contributed by atoms with Crippen LogP contribution >= 0.6 is 0 Å². The fraction of sp³-hybridized carbons (Fsp3) is 0.250. The van der Waals surface area contributed by atoms with Crippen molar-refractivity contribution in [1.82, 2.24) is 0 Å². The van der Waals surface area contributed by atoms with Crippen molar-refractivity contribution in [2.24, 2.45) is 0 Å². The van der Waals surface area contributed by atoms with Crippen molar-refractivity contribution in [1.29, 1.82) is 0 Å². The Balaban J connectivity index is 2.28. The van der Waals surface area contributed by atoms with Crippen molar-refractivity contribution in [2.75, 3.05) is 6.61 Å². The first kappa shape index (κ1) is 9.00. The van der Waals surface area contributed by atoms with Crippen LogP contribution < -0.4 is 4.74 Å². The SMILES string of the molecule is O=C/C=C/c1ccc2c(c1)CCCO2. The lowest BCUT2D eigenvalue weighted by molar-refractivity contribution is -0.104. The van der Waals surface area contributed by atoms with Crippen molar-refractivity contribution in [3.63, 3.8) is 0 Å². The van der Waals surface area contributed by atoms with Gasteiger partial charge in [0.05, 0.1) is 6.61 Å². The van der Waals surface area contributed by atoms with E-state index in [-0.39, 0.29) is 0 Å². The van der Waals surface area contributed by atoms with Crippen LogP contribution in [0.5, 0.6) is 5.75 Å². The Labute approximate surface area is 83.2 Å². The highest BCUT2D eigenvalue weighted by molar-refractivity contribution is 5.74. The van der Waals surface area contributed by atoms with Crippen LogP contribution in [-0.2, 0) is 11.2 Å². The summed E-state index contributed by atoms with van der Waals surface area (Å²) in [5, 5.41) is 0. The van der Waals surface area contributed by atoms with E-state index in [1.165, 1.54) is 11.6 Å². The summed E-state index contributed by atoms with van der Waals surface area (Å²) >= 11 is 0. The zero-order chi connectivity index (χ0) is 9.80. The standard InChI is InChI=1S/C12H12O2/c13-7-1-3-10-5-6-12-11(9-10)4-2-8-14-12/h1,3,5-7,9H,2,4,8H2/b3-1+. The van der Waals surface area contributed by atoms with E-state index >= 15 is 0 Å². The Morgan fingerprint density at radius 1 is 1.36 bits per heavy atom. The van der Waals surface area contributed by atoms with Crippen LogP contribution in [0.1, 0.15) is 17.5 Å². The molecule has 2 rings (SSSR count). The molecular formula is C12H12O2. The van der Waals surface area contributed by atoms with Gasteiger partial charge in [0.1, 0.15) is 12.0 Å². The molecule has 0 saturated carbocycles. The molecule has 72 valence electrons. The van der Waals surface area contributed by atoms with E-state index in [1.54, 1.807) is 0 Å². The second-order valence-corrected chi connectivity index (χ2v) is 3.31. The van der Waals surface area contributed by atoms with Gasteiger partial charge < -0.3 is 4.74 Å². The average Bonchev–Trinajstić information content (AvgIpc) is 2.26. The minimum absolute atomic E-state index is 0.788. The fourth-order valence-electron chi connectivity index (χ4n) is 1.63. The Kier molecular flexibility index (Phi) is 2.63. The lowest BCUT2D eigenvalue weighted by Crippen LogP contribution is -2.07. The van der Waals surface area contributed by atoms with Gasteiger partial charge in [-0.3, -0.25) is 4.79 Å². The van der Waals surface area contributed by atoms with Crippen LogP contribution in [0.4, 0.5) is 0 Å². The van der Waals surface area contributed by atoms with Crippen LogP contribution in [-0.4, -0.2) is 12.9 Å².